The number of carbonyl (C=O) groups is 2. The van der Waals surface area contributed by atoms with Gasteiger partial charge in [0.2, 0.25) is 0 Å². The molecule has 516 valence electrons. The number of ether oxygens (including phenoxy) is 14. The molecule has 21 aliphatic rings. The van der Waals surface area contributed by atoms with Gasteiger partial charge >= 0.3 is 11.9 Å². The Morgan fingerprint density at radius 3 is 0.596 bits per heavy atom. The maximum absolute atomic E-state index is 11.7. The summed E-state index contributed by atoms with van der Waals surface area (Å²) in [6, 6.07) is -2.94. The number of rotatable bonds is 15. The highest BCUT2D eigenvalue weighted by Gasteiger charge is 2.60. The van der Waals surface area contributed by atoms with Gasteiger partial charge in [0.1, 0.15) is 171 Å². The lowest BCUT2D eigenvalue weighted by Crippen LogP contribution is -2.68. The molecule has 14 bridgehead atoms. The number of hydrogen-bond donors (Lipinski definition) is 23. The van der Waals surface area contributed by atoms with Crippen LogP contribution in [0, 0.1) is 0 Å². The lowest BCUT2D eigenvalue weighted by molar-refractivity contribution is -0.395. The first-order valence-corrected chi connectivity index (χ1v) is 30.4. The van der Waals surface area contributed by atoms with E-state index in [1.807, 2.05) is 0 Å². The minimum absolute atomic E-state index is 0.319. The predicted molar refractivity (Wildman–Crippen MR) is 280 cm³/mol. The summed E-state index contributed by atoms with van der Waals surface area (Å²) < 4.78 is 81.6. The zero-order valence-corrected chi connectivity index (χ0v) is 48.3. The molecule has 37 atom stereocenters. The van der Waals surface area contributed by atoms with E-state index in [4.69, 9.17) is 77.8 Å². The lowest BCUT2D eigenvalue weighted by atomic mass is 9.95. The Morgan fingerprint density at radius 2 is 0.438 bits per heavy atom. The van der Waals surface area contributed by atoms with Crippen LogP contribution in [0.2, 0.25) is 0 Å². The van der Waals surface area contributed by atoms with Crippen LogP contribution in [-0.4, -0.2) is 402 Å². The van der Waals surface area contributed by atoms with Gasteiger partial charge in [-0.05, 0) is 0 Å². The van der Waals surface area contributed by atoms with E-state index in [1.165, 1.54) is 0 Å². The lowest BCUT2D eigenvalue weighted by Gasteiger charge is -2.50. The van der Waals surface area contributed by atoms with Crippen molar-refractivity contribution in [2.75, 3.05) is 56.0 Å². The van der Waals surface area contributed by atoms with Gasteiger partial charge in [-0.3, -0.25) is 9.59 Å². The summed E-state index contributed by atoms with van der Waals surface area (Å²) >= 11 is 1.60. The molecule has 0 spiro atoms. The smallest absolute Gasteiger partial charge is 0.321 e. The molecule has 39 nitrogen and oxygen atoms in total. The Labute approximate surface area is 511 Å². The number of hydrogen-bond acceptors (Lipinski definition) is 39. The minimum Gasteiger partial charge on any atom is -0.480 e. The Balaban J connectivity index is 1.11. The molecule has 0 aromatic rings. The Kier molecular flexibility index (Phi) is 26.2. The van der Waals surface area contributed by atoms with Crippen molar-refractivity contribution in [2.45, 2.75) is 227 Å². The van der Waals surface area contributed by atoms with Crippen LogP contribution in [0.1, 0.15) is 0 Å². The molecule has 21 aliphatic heterocycles. The molecule has 41 heteroatoms. The molecule has 14 unspecified atom stereocenters. The standard InChI is InChI=1S/C48H80N2O37S2/c49-10(40(70)71)6-88-8-17-38-25(62)32(69)48(80-17)85-37-16(5-55)76-44(28(65)21(37)58)83-35-14(3-53)78-46(30(67)23(35)60)87-39-18(9-89-7-11(50)41(72)73)79-47(31(68)24(39)61)84-36-15(4-54)75-43(27(64)20(36)57)81-33-12(1-51)74-42(26(63)19(33)56)82-34-13(2-52)77-45(86-38)29(66)22(34)59/h10-39,42-48,51-69H,1-9,49-50H2,(H,70,71)(H,72,73)/t10-,11-,12?,13?,14?,15?,16?,17?,18?,19-,20-,21-,22-,23-,24-,25+,26?,27?,28?,29?,30?,31?,32?,33-,34-,35-,36-,37-,38-,39-,42-,43-,44+,45-,46+,47+,48-/m1/s1. The van der Waals surface area contributed by atoms with Crippen LogP contribution in [-0.2, 0) is 75.9 Å². The van der Waals surface area contributed by atoms with E-state index in [-0.39, 0.29) is 11.5 Å². The van der Waals surface area contributed by atoms with Crippen LogP contribution in [0.4, 0.5) is 0 Å². The van der Waals surface area contributed by atoms with Crippen LogP contribution < -0.4 is 11.5 Å². The molecule has 21 fully saturated rings. The van der Waals surface area contributed by atoms with Crippen molar-refractivity contribution in [1.29, 1.82) is 0 Å². The third-order valence-corrected chi connectivity index (χ3v) is 18.5. The molecule has 25 N–H and O–H groups in total. The summed E-state index contributed by atoms with van der Waals surface area (Å²) in [5, 5.41) is 233. The summed E-state index contributed by atoms with van der Waals surface area (Å²) in [5.74, 6) is -4.26. The topological polar surface area (TPSA) is 640 Å². The summed E-state index contributed by atoms with van der Waals surface area (Å²) in [7, 11) is 0. The van der Waals surface area contributed by atoms with Gasteiger partial charge in [-0.15, -0.1) is 0 Å². The first-order chi connectivity index (χ1) is 42.2. The van der Waals surface area contributed by atoms with E-state index in [1.54, 1.807) is 0 Å². The van der Waals surface area contributed by atoms with Crippen LogP contribution >= 0.6 is 23.5 Å². The van der Waals surface area contributed by atoms with Crippen molar-refractivity contribution in [3.63, 3.8) is 0 Å². The van der Waals surface area contributed by atoms with Crippen LogP contribution in [0.5, 0.6) is 0 Å². The van der Waals surface area contributed by atoms with Crippen LogP contribution in [0.15, 0.2) is 0 Å². The highest BCUT2D eigenvalue weighted by Crippen LogP contribution is 2.40. The highest BCUT2D eigenvalue weighted by molar-refractivity contribution is 7.99. The molecule has 0 amide bonds. The molecule has 21 heterocycles. The van der Waals surface area contributed by atoms with E-state index in [0.29, 0.717) is 0 Å². The molecule has 0 saturated carbocycles. The summed E-state index contributed by atoms with van der Waals surface area (Å²) in [5.41, 5.74) is 11.4. The molecule has 21 saturated heterocycles. The molecule has 0 aromatic carbocycles. The fourth-order valence-electron chi connectivity index (χ4n) is 11.2. The van der Waals surface area contributed by atoms with Gasteiger partial charge in [0.15, 0.2) is 44.0 Å². The second kappa shape index (κ2) is 31.9. The van der Waals surface area contributed by atoms with Crippen molar-refractivity contribution in [2.24, 2.45) is 11.5 Å². The maximum atomic E-state index is 11.7. The number of thioether (sulfide) groups is 2. The second-order valence-electron chi connectivity index (χ2n) is 22.3. The third kappa shape index (κ3) is 15.9. The van der Waals surface area contributed by atoms with Gasteiger partial charge in [0.25, 0.3) is 0 Å². The molecule has 89 heavy (non-hydrogen) atoms. The van der Waals surface area contributed by atoms with Crippen molar-refractivity contribution < 1.29 is 183 Å². The third-order valence-electron chi connectivity index (χ3n) is 16.2. The van der Waals surface area contributed by atoms with Crippen molar-refractivity contribution in [3.8, 4) is 0 Å². The van der Waals surface area contributed by atoms with Gasteiger partial charge in [-0.2, -0.15) is 23.5 Å². The Bertz CT molecular complexity index is 2200. The molecular formula is C48H80N2O37S2. The van der Waals surface area contributed by atoms with Gasteiger partial charge in [0, 0.05) is 23.0 Å². The summed E-state index contributed by atoms with van der Waals surface area (Å²) in [4.78, 5) is 23.2. The molecule has 0 aromatic heterocycles. The highest BCUT2D eigenvalue weighted by atomic mass is 32.2. The average Bonchev–Trinajstić information content (AvgIpc) is 0.884. The van der Waals surface area contributed by atoms with E-state index >= 15 is 0 Å². The van der Waals surface area contributed by atoms with Gasteiger partial charge in [-0.25, -0.2) is 0 Å². The number of carboxylic acid groups (broad SMARTS) is 2. The van der Waals surface area contributed by atoms with Crippen molar-refractivity contribution >= 4 is 35.5 Å². The number of aliphatic hydroxyl groups is 19. The molecule has 0 aliphatic carbocycles. The van der Waals surface area contributed by atoms with Crippen molar-refractivity contribution in [3.05, 3.63) is 0 Å². The van der Waals surface area contributed by atoms with E-state index in [0.717, 1.165) is 23.5 Å². The summed E-state index contributed by atoms with van der Waals surface area (Å²) in [6.45, 7) is -5.43. The average molecular weight is 1340 g/mol. The van der Waals surface area contributed by atoms with Crippen LogP contribution in [0.3, 0.4) is 0 Å². The number of nitrogens with two attached hydrogens (primary N) is 2. The zero-order valence-electron chi connectivity index (χ0n) is 46.6. The number of carboxylic acids is 2. The summed E-state index contributed by atoms with van der Waals surface area (Å²) in [6.07, 6.45) is -71.4. The molecular weight excluding hydrogens is 1260 g/mol. The number of aliphatic carboxylic acids is 2. The van der Waals surface area contributed by atoms with Crippen LogP contribution in [0.25, 0.3) is 0 Å². The fourth-order valence-corrected chi connectivity index (χ4v) is 13.2. The Morgan fingerprint density at radius 1 is 0.281 bits per heavy atom. The first kappa shape index (κ1) is 73.1. The second-order valence-corrected chi connectivity index (χ2v) is 24.4. The predicted octanol–water partition coefficient (Wildman–Crippen LogP) is -14.9. The van der Waals surface area contributed by atoms with Gasteiger partial charge < -0.3 is 185 Å². The largest absolute Gasteiger partial charge is 0.480 e. The van der Waals surface area contributed by atoms with Gasteiger partial charge in [0.05, 0.1) is 45.2 Å². The maximum Gasteiger partial charge on any atom is 0.321 e. The fraction of sp³-hybridized carbons (Fsp3) is 0.958. The quantitative estimate of drug-likeness (QED) is 0.0724. The number of aliphatic hydroxyl groups excluding tert-OH is 19. The minimum atomic E-state index is -2.27. The van der Waals surface area contributed by atoms with Crippen molar-refractivity contribution in [1.82, 2.24) is 0 Å². The normalized spacial score (nSPS) is 50.1. The molecule has 0 radical (unpaired) electrons. The Hall–Kier alpha value is -1.76. The van der Waals surface area contributed by atoms with E-state index < -0.39 is 284 Å². The van der Waals surface area contributed by atoms with E-state index in [2.05, 4.69) is 0 Å². The van der Waals surface area contributed by atoms with Gasteiger partial charge in [-0.1, -0.05) is 0 Å². The SMILES string of the molecule is N[C@H](CSCC1O[C@H]2O[C@@H]3C(CO)O[C@H](O[C@@H]4C(CO)O[C@H](O[C@@H]5C(CO)O[C@H](O[C@@H]6C(CSC[C@@H](N)C(=O)O)O[C@H](O[C@@H]7C(CO)O[C@@H](O[C@@H]8C(CO)O[C@@H](O[C@H]1[C@H](O)C2O)C(O)[C@H]8O)C(O)[C@H]7O)C(O)[C@@H]6O)C(O)[C@H]5O)C(O)[C@H]4O)C(O)[C@H]3O)C(=O)O. The monoisotopic (exact) mass is 1340 g/mol. The molecule has 21 rings (SSSR count). The van der Waals surface area contributed by atoms with E-state index in [9.17, 15) is 117 Å². The zero-order chi connectivity index (χ0) is 65.2. The first-order valence-electron chi connectivity index (χ1n) is 28.1.